The van der Waals surface area contributed by atoms with Gasteiger partial charge in [0.25, 0.3) is 0 Å². The fourth-order valence-electron chi connectivity index (χ4n) is 2.82. The van der Waals surface area contributed by atoms with Crippen LogP contribution in [0.2, 0.25) is 0 Å². The summed E-state index contributed by atoms with van der Waals surface area (Å²) in [5.74, 6) is 0. The lowest BCUT2D eigenvalue weighted by Crippen LogP contribution is -2.35. The zero-order valence-corrected chi connectivity index (χ0v) is 13.9. The van der Waals surface area contributed by atoms with Crippen LogP contribution >= 0.6 is 15.9 Å². The number of benzene rings is 1. The summed E-state index contributed by atoms with van der Waals surface area (Å²) >= 11 is 3.59. The quantitative estimate of drug-likeness (QED) is 0.687. The van der Waals surface area contributed by atoms with Crippen LogP contribution in [-0.4, -0.2) is 27.8 Å². The molecule has 0 saturated carbocycles. The highest BCUT2D eigenvalue weighted by Gasteiger charge is 2.15. The average molecular weight is 335 g/mol. The Bertz CT molecular complexity index is 532. The van der Waals surface area contributed by atoms with E-state index in [2.05, 4.69) is 70.0 Å². The number of aromatic nitrogens is 1. The molecule has 0 aliphatic carbocycles. The zero-order valence-electron chi connectivity index (χ0n) is 12.3. The first-order valence-electron chi connectivity index (χ1n) is 7.42. The van der Waals surface area contributed by atoms with Crippen LogP contribution in [0.4, 0.5) is 0 Å². The van der Waals surface area contributed by atoms with Gasteiger partial charge in [0.05, 0.1) is 5.52 Å². The Hall–Kier alpha value is -0.930. The molecule has 108 valence electrons. The molecule has 2 nitrogen and oxygen atoms in total. The summed E-state index contributed by atoms with van der Waals surface area (Å²) in [6.45, 7) is 6.64. The predicted octanol–water partition coefficient (Wildman–Crippen LogP) is 4.62. The van der Waals surface area contributed by atoms with E-state index in [1.807, 2.05) is 6.20 Å². The molecule has 0 saturated heterocycles. The average Bonchev–Trinajstić information content (AvgIpc) is 2.49. The zero-order chi connectivity index (χ0) is 14.4. The van der Waals surface area contributed by atoms with Gasteiger partial charge in [-0.2, -0.15) is 0 Å². The Morgan fingerprint density at radius 3 is 2.60 bits per heavy atom. The summed E-state index contributed by atoms with van der Waals surface area (Å²) in [6, 6.07) is 11.2. The topological polar surface area (TPSA) is 16.1 Å². The van der Waals surface area contributed by atoms with E-state index in [4.69, 9.17) is 0 Å². The minimum atomic E-state index is 0.652. The third-order valence-corrected chi connectivity index (χ3v) is 4.30. The van der Waals surface area contributed by atoms with Gasteiger partial charge in [-0.1, -0.05) is 48.0 Å². The third-order valence-electron chi connectivity index (χ3n) is 3.94. The fourth-order valence-corrected chi connectivity index (χ4v) is 3.27. The number of hydrogen-bond donors (Lipinski definition) is 0. The number of pyridine rings is 1. The number of rotatable bonds is 7. The van der Waals surface area contributed by atoms with E-state index in [0.717, 1.165) is 23.9 Å². The van der Waals surface area contributed by atoms with Crippen molar-refractivity contribution in [3.8, 4) is 0 Å². The molecule has 3 heteroatoms. The smallest absolute Gasteiger partial charge is 0.0705 e. The number of para-hydroxylation sites is 1. The number of fused-ring (bicyclic) bond motifs is 1. The molecule has 0 aliphatic heterocycles. The van der Waals surface area contributed by atoms with Crippen LogP contribution in [0.15, 0.2) is 36.5 Å². The van der Waals surface area contributed by atoms with Crippen molar-refractivity contribution in [1.82, 2.24) is 9.88 Å². The molecule has 1 heterocycles. The Labute approximate surface area is 130 Å². The molecule has 0 bridgehead atoms. The number of halogens is 1. The monoisotopic (exact) mass is 334 g/mol. The Balaban J connectivity index is 2.28. The second-order valence-electron chi connectivity index (χ2n) is 5.12. The van der Waals surface area contributed by atoms with Crippen LogP contribution < -0.4 is 0 Å². The maximum atomic E-state index is 4.45. The Kier molecular flexibility index (Phi) is 5.99. The van der Waals surface area contributed by atoms with E-state index >= 15 is 0 Å². The molecule has 0 aliphatic rings. The molecule has 0 spiro atoms. The van der Waals surface area contributed by atoms with Crippen LogP contribution in [0.3, 0.4) is 0 Å². The van der Waals surface area contributed by atoms with Crippen molar-refractivity contribution in [3.63, 3.8) is 0 Å². The molecule has 0 fully saturated rings. The van der Waals surface area contributed by atoms with Gasteiger partial charge in [0.1, 0.15) is 0 Å². The van der Waals surface area contributed by atoms with Gasteiger partial charge in [-0.3, -0.25) is 9.88 Å². The van der Waals surface area contributed by atoms with Crippen molar-refractivity contribution in [2.75, 3.05) is 11.9 Å². The second kappa shape index (κ2) is 7.75. The first-order valence-corrected chi connectivity index (χ1v) is 8.54. The summed E-state index contributed by atoms with van der Waals surface area (Å²) in [7, 11) is 0. The summed E-state index contributed by atoms with van der Waals surface area (Å²) in [6.07, 6.45) is 4.33. The Morgan fingerprint density at radius 2 is 1.90 bits per heavy atom. The number of nitrogens with zero attached hydrogens (tertiary/aromatic N) is 2. The van der Waals surface area contributed by atoms with Crippen molar-refractivity contribution in [2.45, 2.75) is 39.3 Å². The molecule has 0 N–H and O–H groups in total. The van der Waals surface area contributed by atoms with Crippen LogP contribution in [0, 0.1) is 0 Å². The largest absolute Gasteiger partial charge is 0.295 e. The molecule has 0 radical (unpaired) electrons. The van der Waals surface area contributed by atoms with Gasteiger partial charge >= 0.3 is 0 Å². The lowest BCUT2D eigenvalue weighted by molar-refractivity contribution is 0.190. The molecular weight excluding hydrogens is 312 g/mol. The Morgan fingerprint density at radius 1 is 1.15 bits per heavy atom. The maximum Gasteiger partial charge on any atom is 0.0705 e. The number of alkyl halides is 1. The SMILES string of the molecule is CCC(CC)N(CCBr)Cc1ccnc2ccccc12. The summed E-state index contributed by atoms with van der Waals surface area (Å²) in [5, 5.41) is 2.30. The van der Waals surface area contributed by atoms with Gasteiger partial charge < -0.3 is 0 Å². The highest BCUT2D eigenvalue weighted by Crippen LogP contribution is 2.20. The van der Waals surface area contributed by atoms with Gasteiger partial charge in [-0.05, 0) is 30.5 Å². The molecule has 2 aromatic rings. The van der Waals surface area contributed by atoms with Gasteiger partial charge in [0, 0.05) is 36.0 Å². The molecule has 1 aromatic carbocycles. The van der Waals surface area contributed by atoms with Crippen molar-refractivity contribution in [2.24, 2.45) is 0 Å². The van der Waals surface area contributed by atoms with E-state index in [-0.39, 0.29) is 0 Å². The molecule has 2 rings (SSSR count). The van der Waals surface area contributed by atoms with Crippen molar-refractivity contribution in [1.29, 1.82) is 0 Å². The van der Waals surface area contributed by atoms with Crippen LogP contribution in [0.1, 0.15) is 32.3 Å². The minimum absolute atomic E-state index is 0.652. The summed E-state index contributed by atoms with van der Waals surface area (Å²) < 4.78 is 0. The lowest BCUT2D eigenvalue weighted by Gasteiger charge is -2.30. The van der Waals surface area contributed by atoms with Gasteiger partial charge in [0.15, 0.2) is 0 Å². The van der Waals surface area contributed by atoms with E-state index in [1.54, 1.807) is 0 Å². The van der Waals surface area contributed by atoms with E-state index < -0.39 is 0 Å². The normalized spacial score (nSPS) is 11.7. The van der Waals surface area contributed by atoms with Gasteiger partial charge in [0.2, 0.25) is 0 Å². The summed E-state index contributed by atoms with van der Waals surface area (Å²) in [5.41, 5.74) is 2.47. The maximum absolute atomic E-state index is 4.45. The molecular formula is C17H23BrN2. The van der Waals surface area contributed by atoms with Crippen LogP contribution in [0.5, 0.6) is 0 Å². The molecule has 0 unspecified atom stereocenters. The molecule has 20 heavy (non-hydrogen) atoms. The van der Waals surface area contributed by atoms with Crippen LogP contribution in [0.25, 0.3) is 10.9 Å². The first-order chi connectivity index (χ1) is 9.80. The van der Waals surface area contributed by atoms with E-state index in [9.17, 15) is 0 Å². The van der Waals surface area contributed by atoms with E-state index in [0.29, 0.717) is 6.04 Å². The van der Waals surface area contributed by atoms with Gasteiger partial charge in [-0.25, -0.2) is 0 Å². The third kappa shape index (κ3) is 3.58. The second-order valence-corrected chi connectivity index (χ2v) is 5.91. The molecule has 1 aromatic heterocycles. The molecule has 0 amide bonds. The van der Waals surface area contributed by atoms with Crippen LogP contribution in [-0.2, 0) is 6.54 Å². The first kappa shape index (κ1) is 15.5. The van der Waals surface area contributed by atoms with Crippen molar-refractivity contribution >= 4 is 26.8 Å². The standard InChI is InChI=1S/C17H23BrN2/c1-3-15(4-2)20(12-10-18)13-14-9-11-19-17-8-6-5-7-16(14)17/h5-9,11,15H,3-4,10,12-13H2,1-2H3. The van der Waals surface area contributed by atoms with Gasteiger partial charge in [-0.15, -0.1) is 0 Å². The molecule has 0 atom stereocenters. The highest BCUT2D eigenvalue weighted by molar-refractivity contribution is 9.09. The lowest BCUT2D eigenvalue weighted by atomic mass is 10.1. The number of hydrogen-bond acceptors (Lipinski definition) is 2. The summed E-state index contributed by atoms with van der Waals surface area (Å²) in [4.78, 5) is 7.03. The fraction of sp³-hybridized carbons (Fsp3) is 0.471. The predicted molar refractivity (Wildman–Crippen MR) is 90.3 cm³/mol. The minimum Gasteiger partial charge on any atom is -0.295 e. The van der Waals surface area contributed by atoms with Crippen molar-refractivity contribution in [3.05, 3.63) is 42.1 Å². The van der Waals surface area contributed by atoms with Crippen molar-refractivity contribution < 1.29 is 0 Å². The van der Waals surface area contributed by atoms with E-state index in [1.165, 1.54) is 23.8 Å². The highest BCUT2D eigenvalue weighted by atomic mass is 79.9.